The molecule has 0 unspecified atom stereocenters. The fraction of sp³-hybridized carbons (Fsp3) is 0.625. The van der Waals surface area contributed by atoms with Crippen LogP contribution in [0.2, 0.25) is 0 Å². The molecule has 1 fully saturated rings. The zero-order valence-electron chi connectivity index (χ0n) is 12.8. The van der Waals surface area contributed by atoms with Crippen LogP contribution in [-0.4, -0.2) is 45.6 Å². The van der Waals surface area contributed by atoms with Crippen molar-refractivity contribution >= 4 is 16.9 Å². The van der Waals surface area contributed by atoms with E-state index in [1.54, 1.807) is 0 Å². The Morgan fingerprint density at radius 1 is 1.10 bits per heavy atom. The van der Waals surface area contributed by atoms with Gasteiger partial charge in [-0.2, -0.15) is 0 Å². The molecule has 2 aliphatic heterocycles. The molecule has 0 aromatic carbocycles. The van der Waals surface area contributed by atoms with E-state index in [0.29, 0.717) is 0 Å². The van der Waals surface area contributed by atoms with E-state index in [1.807, 2.05) is 6.20 Å². The number of fused-ring (bicyclic) bond motifs is 3. The van der Waals surface area contributed by atoms with Crippen LogP contribution in [0.3, 0.4) is 0 Å². The van der Waals surface area contributed by atoms with Crippen LogP contribution in [-0.2, 0) is 13.1 Å². The molecule has 2 aliphatic rings. The summed E-state index contributed by atoms with van der Waals surface area (Å²) in [5, 5.41) is 0. The van der Waals surface area contributed by atoms with Gasteiger partial charge in [-0.25, -0.2) is 9.97 Å². The van der Waals surface area contributed by atoms with Crippen molar-refractivity contribution in [2.75, 3.05) is 31.1 Å². The number of pyridine rings is 1. The lowest BCUT2D eigenvalue weighted by atomic mass is 10.1. The van der Waals surface area contributed by atoms with Gasteiger partial charge in [0.2, 0.25) is 0 Å². The van der Waals surface area contributed by atoms with Crippen LogP contribution >= 0.6 is 0 Å². The van der Waals surface area contributed by atoms with Crippen LogP contribution in [0.1, 0.15) is 32.0 Å². The van der Waals surface area contributed by atoms with E-state index in [1.165, 1.54) is 30.8 Å². The standard InChI is InChI=1S/C16H23N5/c1-2-19-8-9-21-15(12-19)18-14-10-13(11-17-16(14)21)20-6-4-3-5-7-20/h10-11H,2-9,12H2,1H3. The van der Waals surface area contributed by atoms with Crippen molar-refractivity contribution in [2.24, 2.45) is 0 Å². The molecule has 5 nitrogen and oxygen atoms in total. The molecule has 0 N–H and O–H groups in total. The Hall–Kier alpha value is -1.62. The number of imidazole rings is 1. The lowest BCUT2D eigenvalue weighted by molar-refractivity contribution is 0.230. The molecule has 2 aromatic rings. The number of piperidine rings is 1. The van der Waals surface area contributed by atoms with Gasteiger partial charge in [0.15, 0.2) is 5.65 Å². The van der Waals surface area contributed by atoms with E-state index in [2.05, 4.69) is 27.4 Å². The molecule has 5 heteroatoms. The summed E-state index contributed by atoms with van der Waals surface area (Å²) in [6, 6.07) is 2.23. The molecule has 0 aliphatic carbocycles. The number of nitrogens with zero attached hydrogens (tertiary/aromatic N) is 5. The first-order valence-corrected chi connectivity index (χ1v) is 8.17. The Morgan fingerprint density at radius 3 is 2.76 bits per heavy atom. The molecular formula is C16H23N5. The second-order valence-electron chi connectivity index (χ2n) is 6.13. The molecule has 0 atom stereocenters. The average molecular weight is 285 g/mol. The smallest absolute Gasteiger partial charge is 0.160 e. The minimum Gasteiger partial charge on any atom is -0.370 e. The van der Waals surface area contributed by atoms with Gasteiger partial charge in [-0.3, -0.25) is 4.90 Å². The van der Waals surface area contributed by atoms with E-state index >= 15 is 0 Å². The van der Waals surface area contributed by atoms with Gasteiger partial charge in [-0.1, -0.05) is 6.92 Å². The van der Waals surface area contributed by atoms with E-state index in [0.717, 1.165) is 50.4 Å². The van der Waals surface area contributed by atoms with Gasteiger partial charge in [0, 0.05) is 26.2 Å². The third-order valence-electron chi connectivity index (χ3n) is 4.82. The summed E-state index contributed by atoms with van der Waals surface area (Å²) in [7, 11) is 0. The minimum atomic E-state index is 0.950. The predicted molar refractivity (Wildman–Crippen MR) is 84.5 cm³/mol. The van der Waals surface area contributed by atoms with Crippen molar-refractivity contribution in [1.29, 1.82) is 0 Å². The molecule has 1 saturated heterocycles. The third kappa shape index (κ3) is 2.29. The highest BCUT2D eigenvalue weighted by molar-refractivity contribution is 5.76. The zero-order chi connectivity index (χ0) is 14.2. The quantitative estimate of drug-likeness (QED) is 0.848. The molecule has 21 heavy (non-hydrogen) atoms. The SMILES string of the molecule is CCN1CCn2c(nc3cc(N4CCCCC4)cnc32)C1. The lowest BCUT2D eigenvalue weighted by Gasteiger charge is -2.28. The second kappa shape index (κ2) is 5.30. The number of anilines is 1. The molecule has 4 heterocycles. The van der Waals surface area contributed by atoms with Gasteiger partial charge in [0.25, 0.3) is 0 Å². The highest BCUT2D eigenvalue weighted by Gasteiger charge is 2.20. The summed E-state index contributed by atoms with van der Waals surface area (Å²) in [4.78, 5) is 14.4. The van der Waals surface area contributed by atoms with E-state index < -0.39 is 0 Å². The monoisotopic (exact) mass is 285 g/mol. The maximum Gasteiger partial charge on any atom is 0.160 e. The minimum absolute atomic E-state index is 0.950. The van der Waals surface area contributed by atoms with Crippen LogP contribution in [0.5, 0.6) is 0 Å². The molecule has 0 spiro atoms. The summed E-state index contributed by atoms with van der Waals surface area (Å²) in [5.41, 5.74) is 3.36. The van der Waals surface area contributed by atoms with E-state index in [4.69, 9.17) is 9.97 Å². The third-order valence-corrected chi connectivity index (χ3v) is 4.82. The maximum atomic E-state index is 4.84. The Kier molecular flexibility index (Phi) is 3.30. The maximum absolute atomic E-state index is 4.84. The van der Waals surface area contributed by atoms with Crippen molar-refractivity contribution < 1.29 is 0 Å². The van der Waals surface area contributed by atoms with Crippen molar-refractivity contribution in [3.63, 3.8) is 0 Å². The van der Waals surface area contributed by atoms with Crippen LogP contribution in [0.25, 0.3) is 11.2 Å². The van der Waals surface area contributed by atoms with Gasteiger partial charge in [0.05, 0.1) is 18.4 Å². The highest BCUT2D eigenvalue weighted by atomic mass is 15.3. The summed E-state index contributed by atoms with van der Waals surface area (Å²) in [5.74, 6) is 1.17. The number of likely N-dealkylation sites (N-methyl/N-ethyl adjacent to an activating group) is 1. The lowest BCUT2D eigenvalue weighted by Crippen LogP contribution is -2.33. The van der Waals surface area contributed by atoms with E-state index in [9.17, 15) is 0 Å². The fourth-order valence-electron chi connectivity index (χ4n) is 3.52. The van der Waals surface area contributed by atoms with Crippen LogP contribution in [0.4, 0.5) is 5.69 Å². The topological polar surface area (TPSA) is 37.2 Å². The molecule has 0 saturated carbocycles. The summed E-state index contributed by atoms with van der Waals surface area (Å²) in [6.07, 6.45) is 5.99. The number of aromatic nitrogens is 3. The van der Waals surface area contributed by atoms with Gasteiger partial charge in [-0.05, 0) is 31.9 Å². The van der Waals surface area contributed by atoms with E-state index in [-0.39, 0.29) is 0 Å². The Balaban J connectivity index is 1.69. The van der Waals surface area contributed by atoms with Gasteiger partial charge in [0.1, 0.15) is 11.3 Å². The van der Waals surface area contributed by atoms with Gasteiger partial charge in [-0.15, -0.1) is 0 Å². The second-order valence-corrected chi connectivity index (χ2v) is 6.13. The molecule has 0 bridgehead atoms. The largest absolute Gasteiger partial charge is 0.370 e. The Bertz CT molecular complexity index is 641. The van der Waals surface area contributed by atoms with Gasteiger partial charge < -0.3 is 9.47 Å². The zero-order valence-corrected chi connectivity index (χ0v) is 12.8. The van der Waals surface area contributed by atoms with Crippen LogP contribution < -0.4 is 4.90 Å². The Labute approximate surface area is 125 Å². The summed E-state index contributed by atoms with van der Waals surface area (Å²) >= 11 is 0. The molecule has 0 radical (unpaired) electrons. The average Bonchev–Trinajstić information content (AvgIpc) is 2.92. The molecule has 2 aromatic heterocycles. The number of hydrogen-bond acceptors (Lipinski definition) is 4. The predicted octanol–water partition coefficient (Wildman–Crippen LogP) is 2.26. The highest BCUT2D eigenvalue weighted by Crippen LogP contribution is 2.25. The van der Waals surface area contributed by atoms with Crippen molar-refractivity contribution in [2.45, 2.75) is 39.3 Å². The first-order valence-electron chi connectivity index (χ1n) is 8.17. The molecule has 112 valence electrons. The Morgan fingerprint density at radius 2 is 1.95 bits per heavy atom. The summed E-state index contributed by atoms with van der Waals surface area (Å²) in [6.45, 7) is 8.68. The molecular weight excluding hydrogens is 262 g/mol. The number of rotatable bonds is 2. The molecule has 0 amide bonds. The number of hydrogen-bond donors (Lipinski definition) is 0. The van der Waals surface area contributed by atoms with Crippen molar-refractivity contribution in [3.8, 4) is 0 Å². The van der Waals surface area contributed by atoms with Crippen LogP contribution in [0, 0.1) is 0 Å². The molecule has 4 rings (SSSR count). The van der Waals surface area contributed by atoms with Crippen molar-refractivity contribution in [3.05, 3.63) is 18.1 Å². The van der Waals surface area contributed by atoms with Crippen molar-refractivity contribution in [1.82, 2.24) is 19.4 Å². The van der Waals surface area contributed by atoms with Gasteiger partial charge >= 0.3 is 0 Å². The first-order chi connectivity index (χ1) is 10.3. The summed E-state index contributed by atoms with van der Waals surface area (Å²) < 4.78 is 2.29. The fourth-order valence-corrected chi connectivity index (χ4v) is 3.52. The first kappa shape index (κ1) is 13.1. The normalized spacial score (nSPS) is 20.0. The van der Waals surface area contributed by atoms with Crippen LogP contribution in [0.15, 0.2) is 12.3 Å².